The van der Waals surface area contributed by atoms with E-state index < -0.39 is 0 Å². The maximum atomic E-state index is 12.0. The van der Waals surface area contributed by atoms with E-state index in [9.17, 15) is 5.21 Å². The predicted molar refractivity (Wildman–Crippen MR) is 80.0 cm³/mol. The van der Waals surface area contributed by atoms with E-state index in [4.69, 9.17) is 4.74 Å². The van der Waals surface area contributed by atoms with Crippen LogP contribution in [0.5, 0.6) is 0 Å². The quantitative estimate of drug-likeness (QED) is 0.784. The molecule has 2 rings (SSSR count). The molecule has 2 atom stereocenters. The summed E-state index contributed by atoms with van der Waals surface area (Å²) in [6, 6.07) is 19.8. The Morgan fingerprint density at radius 2 is 1.50 bits per heavy atom. The van der Waals surface area contributed by atoms with E-state index in [1.54, 1.807) is 0 Å². The summed E-state index contributed by atoms with van der Waals surface area (Å²) in [7, 11) is 0. The second kappa shape index (κ2) is 7.80. The molecule has 2 aromatic carbocycles. The molecule has 106 valence electrons. The standard InChI is InChI=1S/C17H21NO2/c1-15(20-14-17-10-6-3-7-11-17)12-18(19)13-16-8-4-2-5-9-16/h2-11,15,18H,12-14H2,1H3. The molecule has 3 heteroatoms. The number of nitrogens with one attached hydrogen (secondary N) is 1. The van der Waals surface area contributed by atoms with Gasteiger partial charge in [0.1, 0.15) is 19.2 Å². The minimum Gasteiger partial charge on any atom is -0.634 e. The van der Waals surface area contributed by atoms with Gasteiger partial charge in [0.05, 0.1) is 6.61 Å². The van der Waals surface area contributed by atoms with Gasteiger partial charge in [0.25, 0.3) is 0 Å². The highest BCUT2D eigenvalue weighted by atomic mass is 16.5. The largest absolute Gasteiger partial charge is 0.634 e. The van der Waals surface area contributed by atoms with Crippen molar-refractivity contribution >= 4 is 0 Å². The molecule has 0 amide bonds. The fraction of sp³-hybridized carbons (Fsp3) is 0.294. The Bertz CT molecular complexity index is 487. The first-order valence-electron chi connectivity index (χ1n) is 6.95. The van der Waals surface area contributed by atoms with Crippen LogP contribution in [0.3, 0.4) is 0 Å². The van der Waals surface area contributed by atoms with Crippen molar-refractivity contribution in [1.82, 2.24) is 0 Å². The maximum Gasteiger partial charge on any atom is 0.104 e. The van der Waals surface area contributed by atoms with E-state index in [-0.39, 0.29) is 11.2 Å². The number of rotatable bonds is 7. The van der Waals surface area contributed by atoms with Gasteiger partial charge >= 0.3 is 0 Å². The number of hydrogen-bond acceptors (Lipinski definition) is 2. The number of hydrogen-bond donors (Lipinski definition) is 1. The Morgan fingerprint density at radius 1 is 0.950 bits per heavy atom. The lowest BCUT2D eigenvalue weighted by molar-refractivity contribution is -0.866. The van der Waals surface area contributed by atoms with Gasteiger partial charge in [-0.2, -0.15) is 0 Å². The second-order valence-corrected chi connectivity index (χ2v) is 5.01. The molecule has 20 heavy (non-hydrogen) atoms. The molecule has 0 aromatic heterocycles. The molecule has 3 nitrogen and oxygen atoms in total. The molecular weight excluding hydrogens is 250 g/mol. The number of benzene rings is 2. The molecular formula is C17H21NO2. The first-order chi connectivity index (χ1) is 9.74. The molecule has 2 unspecified atom stereocenters. The van der Waals surface area contributed by atoms with Crippen LogP contribution in [0.25, 0.3) is 0 Å². The minimum absolute atomic E-state index is 0.0496. The summed E-state index contributed by atoms with van der Waals surface area (Å²) in [6.07, 6.45) is -0.0496. The van der Waals surface area contributed by atoms with Gasteiger partial charge in [-0.25, -0.2) is 0 Å². The molecule has 0 heterocycles. The van der Waals surface area contributed by atoms with Crippen LogP contribution in [0.4, 0.5) is 0 Å². The molecule has 0 aliphatic heterocycles. The summed E-state index contributed by atoms with van der Waals surface area (Å²) >= 11 is 0. The fourth-order valence-electron chi connectivity index (χ4n) is 2.09. The van der Waals surface area contributed by atoms with E-state index in [0.717, 1.165) is 11.1 Å². The summed E-state index contributed by atoms with van der Waals surface area (Å²) < 4.78 is 5.72. The topological polar surface area (TPSA) is 36.7 Å². The SMILES string of the molecule is CC(C[NH+]([O-])Cc1ccccc1)OCc1ccccc1. The Kier molecular flexibility index (Phi) is 5.74. The van der Waals surface area contributed by atoms with Crippen molar-refractivity contribution in [2.75, 3.05) is 6.54 Å². The van der Waals surface area contributed by atoms with E-state index in [2.05, 4.69) is 0 Å². The minimum atomic E-state index is -0.0496. The van der Waals surface area contributed by atoms with Crippen molar-refractivity contribution in [3.8, 4) is 0 Å². The van der Waals surface area contributed by atoms with Crippen LogP contribution in [0.15, 0.2) is 60.7 Å². The van der Waals surface area contributed by atoms with Crippen molar-refractivity contribution in [1.29, 1.82) is 0 Å². The van der Waals surface area contributed by atoms with Crippen LogP contribution in [-0.2, 0) is 17.9 Å². The zero-order valence-corrected chi connectivity index (χ0v) is 11.8. The highest BCUT2D eigenvalue weighted by Crippen LogP contribution is 2.02. The van der Waals surface area contributed by atoms with E-state index in [1.807, 2.05) is 67.6 Å². The Labute approximate surface area is 120 Å². The molecule has 2 aromatic rings. The van der Waals surface area contributed by atoms with Gasteiger partial charge in [-0.15, -0.1) is 0 Å². The van der Waals surface area contributed by atoms with Crippen LogP contribution in [-0.4, -0.2) is 12.6 Å². The van der Waals surface area contributed by atoms with Gasteiger partial charge in [0.2, 0.25) is 0 Å². The van der Waals surface area contributed by atoms with Gasteiger partial charge in [-0.3, -0.25) is 0 Å². The van der Waals surface area contributed by atoms with Crippen molar-refractivity contribution in [2.45, 2.75) is 26.2 Å². The number of quaternary nitrogens is 1. The lowest BCUT2D eigenvalue weighted by Gasteiger charge is -2.25. The van der Waals surface area contributed by atoms with Crippen LogP contribution in [0.2, 0.25) is 0 Å². The second-order valence-electron chi connectivity index (χ2n) is 5.01. The van der Waals surface area contributed by atoms with Crippen molar-refractivity contribution < 1.29 is 9.80 Å². The lowest BCUT2D eigenvalue weighted by atomic mass is 10.2. The van der Waals surface area contributed by atoms with Crippen LogP contribution in [0.1, 0.15) is 18.1 Å². The Balaban J connectivity index is 1.72. The lowest BCUT2D eigenvalue weighted by Crippen LogP contribution is -3.07. The van der Waals surface area contributed by atoms with Crippen molar-refractivity contribution in [3.05, 3.63) is 77.0 Å². The van der Waals surface area contributed by atoms with Crippen molar-refractivity contribution in [2.24, 2.45) is 0 Å². The first kappa shape index (κ1) is 14.7. The van der Waals surface area contributed by atoms with E-state index >= 15 is 0 Å². The van der Waals surface area contributed by atoms with Gasteiger partial charge < -0.3 is 15.0 Å². The van der Waals surface area contributed by atoms with Crippen LogP contribution >= 0.6 is 0 Å². The number of hydroxylamine groups is 2. The maximum absolute atomic E-state index is 12.0. The molecule has 0 fully saturated rings. The van der Waals surface area contributed by atoms with Crippen molar-refractivity contribution in [3.63, 3.8) is 0 Å². The molecule has 0 aliphatic rings. The monoisotopic (exact) mass is 271 g/mol. The zero-order chi connectivity index (χ0) is 14.2. The van der Waals surface area contributed by atoms with Crippen LogP contribution in [0, 0.1) is 5.21 Å². The molecule has 0 aliphatic carbocycles. The summed E-state index contributed by atoms with van der Waals surface area (Å²) in [6.45, 7) is 3.45. The van der Waals surface area contributed by atoms with Gasteiger partial charge in [0.15, 0.2) is 0 Å². The molecule has 0 spiro atoms. The summed E-state index contributed by atoms with van der Waals surface area (Å²) in [5, 5.41) is 12.2. The van der Waals surface area contributed by atoms with Gasteiger partial charge in [0, 0.05) is 5.56 Å². The fourth-order valence-corrected chi connectivity index (χ4v) is 2.09. The average Bonchev–Trinajstić information content (AvgIpc) is 2.47. The van der Waals surface area contributed by atoms with E-state index in [1.165, 1.54) is 0 Å². The van der Waals surface area contributed by atoms with Crippen LogP contribution < -0.4 is 5.06 Å². The highest BCUT2D eigenvalue weighted by molar-refractivity contribution is 5.14. The molecule has 0 saturated carbocycles. The summed E-state index contributed by atoms with van der Waals surface area (Å²) in [4.78, 5) is 0. The normalized spacial score (nSPS) is 13.9. The Hall–Kier alpha value is -1.68. The Morgan fingerprint density at radius 3 is 2.10 bits per heavy atom. The van der Waals surface area contributed by atoms with E-state index in [0.29, 0.717) is 19.7 Å². The molecule has 0 bridgehead atoms. The number of ether oxygens (including phenoxy) is 1. The predicted octanol–water partition coefficient (Wildman–Crippen LogP) is 2.17. The van der Waals surface area contributed by atoms with Gasteiger partial charge in [-0.05, 0) is 12.5 Å². The van der Waals surface area contributed by atoms with Gasteiger partial charge in [-0.1, -0.05) is 60.7 Å². The third kappa shape index (κ3) is 5.13. The molecule has 0 saturated heterocycles. The first-order valence-corrected chi connectivity index (χ1v) is 6.95. The zero-order valence-electron chi connectivity index (χ0n) is 11.8. The molecule has 0 radical (unpaired) electrons. The third-order valence-corrected chi connectivity index (χ3v) is 3.14. The molecule has 1 N–H and O–H groups in total. The smallest absolute Gasteiger partial charge is 0.104 e. The summed E-state index contributed by atoms with van der Waals surface area (Å²) in [5.74, 6) is 0. The average molecular weight is 271 g/mol. The third-order valence-electron chi connectivity index (χ3n) is 3.14. The highest BCUT2D eigenvalue weighted by Gasteiger charge is 2.08. The summed E-state index contributed by atoms with van der Waals surface area (Å²) in [5.41, 5.74) is 2.20.